The van der Waals surface area contributed by atoms with Crippen molar-refractivity contribution in [2.24, 2.45) is 0 Å². The number of pyridine rings is 1. The maximum absolute atomic E-state index is 3.45. The van der Waals surface area contributed by atoms with E-state index in [9.17, 15) is 0 Å². The van der Waals surface area contributed by atoms with Crippen molar-refractivity contribution in [2.45, 2.75) is 116 Å². The van der Waals surface area contributed by atoms with E-state index in [-0.39, 0.29) is 0 Å². The molecule has 1 aliphatic heterocycles. The lowest BCUT2D eigenvalue weighted by atomic mass is 10.0. The Labute approximate surface area is 168 Å². The van der Waals surface area contributed by atoms with Gasteiger partial charge < -0.3 is 4.98 Å². The van der Waals surface area contributed by atoms with E-state index in [1.807, 2.05) is 0 Å². The summed E-state index contributed by atoms with van der Waals surface area (Å²) in [5.74, 6) is 0. The first-order valence-corrected chi connectivity index (χ1v) is 12.0. The van der Waals surface area contributed by atoms with Crippen LogP contribution in [0.3, 0.4) is 0 Å². The molecular formula is C26H43N. The highest BCUT2D eigenvalue weighted by atomic mass is 14.7. The summed E-state index contributed by atoms with van der Waals surface area (Å²) < 4.78 is 0. The van der Waals surface area contributed by atoms with Crippen LogP contribution in [0.5, 0.6) is 0 Å². The molecule has 1 nitrogen and oxygen atoms in total. The first kappa shape index (κ1) is 22.1. The fourth-order valence-electron chi connectivity index (χ4n) is 4.22. The molecule has 0 unspecified atom stereocenters. The molecule has 0 aromatic heterocycles. The van der Waals surface area contributed by atoms with Crippen molar-refractivity contribution >= 4 is 0 Å². The van der Waals surface area contributed by atoms with Crippen molar-refractivity contribution in [1.29, 1.82) is 0 Å². The van der Waals surface area contributed by atoms with Gasteiger partial charge in [0.15, 0.2) is 0 Å². The maximum Gasteiger partial charge on any atom is 0.0226 e. The lowest BCUT2D eigenvalue weighted by Crippen LogP contribution is -1.93. The van der Waals surface area contributed by atoms with Crippen LogP contribution in [0.2, 0.25) is 0 Å². The summed E-state index contributed by atoms with van der Waals surface area (Å²) in [6.07, 6.45) is 26.3. The lowest BCUT2D eigenvalue weighted by molar-refractivity contribution is 0.529. The highest BCUT2D eigenvalue weighted by Crippen LogP contribution is 2.26. The molecule has 152 valence electrons. The zero-order valence-electron chi connectivity index (χ0n) is 17.9. The summed E-state index contributed by atoms with van der Waals surface area (Å²) in [5, 5.41) is 0. The van der Waals surface area contributed by atoms with E-state index in [1.165, 1.54) is 126 Å². The molecule has 0 fully saturated rings. The summed E-state index contributed by atoms with van der Waals surface area (Å²) in [4.78, 5) is 3.45. The Morgan fingerprint density at radius 2 is 1.11 bits per heavy atom. The Kier molecular flexibility index (Phi) is 12.1. The van der Waals surface area contributed by atoms with Crippen LogP contribution in [0.15, 0.2) is 30.5 Å². The molecule has 0 aromatic rings. The Morgan fingerprint density at radius 3 is 1.67 bits per heavy atom. The van der Waals surface area contributed by atoms with E-state index >= 15 is 0 Å². The third-order valence-electron chi connectivity index (χ3n) is 5.98. The molecule has 2 rings (SSSR count). The highest BCUT2D eigenvalue weighted by molar-refractivity contribution is 5.68. The zero-order valence-corrected chi connectivity index (χ0v) is 17.9. The van der Waals surface area contributed by atoms with Gasteiger partial charge in [-0.05, 0) is 24.5 Å². The Morgan fingerprint density at radius 1 is 0.593 bits per heavy atom. The highest BCUT2D eigenvalue weighted by Gasteiger charge is 2.06. The third kappa shape index (κ3) is 9.49. The molecule has 27 heavy (non-hydrogen) atoms. The lowest BCUT2D eigenvalue weighted by Gasteiger charge is -2.08. The van der Waals surface area contributed by atoms with E-state index in [4.69, 9.17) is 0 Å². The number of unbranched alkanes of at least 4 members (excludes halogenated alkanes) is 15. The molecule has 1 N–H and O–H groups in total. The molecule has 0 saturated carbocycles. The van der Waals surface area contributed by atoms with Crippen LogP contribution < -0.4 is 0 Å². The predicted molar refractivity (Wildman–Crippen MR) is 121 cm³/mol. The largest absolute Gasteiger partial charge is 0.364 e. The van der Waals surface area contributed by atoms with Crippen LogP contribution >= 0.6 is 0 Å². The van der Waals surface area contributed by atoms with Crippen molar-refractivity contribution in [2.75, 3.05) is 0 Å². The quantitative estimate of drug-likeness (QED) is 0.268. The average Bonchev–Trinajstić information content (AvgIpc) is 3.17. The topological polar surface area (TPSA) is 15.8 Å². The van der Waals surface area contributed by atoms with E-state index in [0.29, 0.717) is 0 Å². The van der Waals surface area contributed by atoms with E-state index in [1.54, 1.807) is 0 Å². The molecule has 0 spiro atoms. The van der Waals surface area contributed by atoms with Gasteiger partial charge in [-0.2, -0.15) is 0 Å². The SMILES string of the molecule is CCCCCCCCCCCCCCCCCCc1[nH]ccc2cccc1-2. The Hall–Kier alpha value is -1.24. The van der Waals surface area contributed by atoms with Gasteiger partial charge in [-0.25, -0.2) is 0 Å². The minimum Gasteiger partial charge on any atom is -0.364 e. The maximum atomic E-state index is 3.45. The number of fused-ring (bicyclic) bond motifs is 1. The molecule has 1 heterocycles. The minimum atomic E-state index is 1.19. The smallest absolute Gasteiger partial charge is 0.0226 e. The fourth-order valence-corrected chi connectivity index (χ4v) is 4.22. The van der Waals surface area contributed by atoms with Crippen molar-refractivity contribution < 1.29 is 0 Å². The van der Waals surface area contributed by atoms with E-state index in [2.05, 4.69) is 42.4 Å². The Balaban J connectivity index is 1.33. The summed E-state index contributed by atoms with van der Waals surface area (Å²) in [6.45, 7) is 2.30. The molecule has 1 heteroatoms. The van der Waals surface area contributed by atoms with Crippen LogP contribution in [0, 0.1) is 0 Å². The normalized spacial score (nSPS) is 11.4. The van der Waals surface area contributed by atoms with Crippen LogP contribution in [0.4, 0.5) is 0 Å². The minimum absolute atomic E-state index is 1.19. The summed E-state index contributed by atoms with van der Waals surface area (Å²) in [5.41, 5.74) is 4.21. The van der Waals surface area contributed by atoms with Crippen molar-refractivity contribution in [3.8, 4) is 11.1 Å². The molecule has 1 aliphatic carbocycles. The summed E-state index contributed by atoms with van der Waals surface area (Å²) in [7, 11) is 0. The van der Waals surface area contributed by atoms with E-state index < -0.39 is 0 Å². The van der Waals surface area contributed by atoms with Gasteiger partial charge in [-0.3, -0.25) is 0 Å². The average molecular weight is 370 g/mol. The molecular weight excluding hydrogens is 326 g/mol. The summed E-state index contributed by atoms with van der Waals surface area (Å²) in [6, 6.07) is 8.79. The number of rotatable bonds is 17. The first-order chi connectivity index (χ1) is 13.4. The second-order valence-electron chi connectivity index (χ2n) is 8.40. The number of aryl methyl sites for hydroxylation is 1. The molecule has 0 saturated heterocycles. The number of nitrogens with one attached hydrogen (secondary N) is 1. The van der Waals surface area contributed by atoms with Gasteiger partial charge in [0.25, 0.3) is 0 Å². The molecule has 0 radical (unpaired) electrons. The van der Waals surface area contributed by atoms with Gasteiger partial charge in [-0.15, -0.1) is 0 Å². The molecule has 0 bridgehead atoms. The van der Waals surface area contributed by atoms with Gasteiger partial charge in [0.2, 0.25) is 0 Å². The van der Waals surface area contributed by atoms with Gasteiger partial charge in [0, 0.05) is 17.5 Å². The monoisotopic (exact) mass is 369 g/mol. The number of hydrogen-bond acceptors (Lipinski definition) is 0. The predicted octanol–water partition coefficient (Wildman–Crippen LogP) is 8.92. The number of H-pyrrole nitrogens is 1. The Bertz CT molecular complexity index is 541. The third-order valence-corrected chi connectivity index (χ3v) is 5.98. The van der Waals surface area contributed by atoms with Crippen LogP contribution in [-0.2, 0) is 6.42 Å². The zero-order chi connectivity index (χ0) is 19.0. The van der Waals surface area contributed by atoms with E-state index in [0.717, 1.165) is 0 Å². The molecule has 0 atom stereocenters. The molecule has 2 aliphatic rings. The second kappa shape index (κ2) is 14.8. The second-order valence-corrected chi connectivity index (χ2v) is 8.40. The van der Waals surface area contributed by atoms with Gasteiger partial charge >= 0.3 is 0 Å². The standard InChI is InChI=1S/C26H43N/c1-2-3-4-5-6-7-8-9-10-11-12-13-14-15-16-17-21-26-25-20-18-19-24(25)22-23-27-26/h18-20,22-23,27H,2-17,21H2,1H3. The van der Waals surface area contributed by atoms with Crippen molar-refractivity contribution in [3.63, 3.8) is 0 Å². The number of aromatic nitrogens is 1. The van der Waals surface area contributed by atoms with Gasteiger partial charge in [0.05, 0.1) is 0 Å². The summed E-state index contributed by atoms with van der Waals surface area (Å²) >= 11 is 0. The van der Waals surface area contributed by atoms with Crippen molar-refractivity contribution in [1.82, 2.24) is 4.98 Å². The van der Waals surface area contributed by atoms with Gasteiger partial charge in [0.1, 0.15) is 0 Å². The number of aromatic amines is 1. The fraction of sp³-hybridized carbons (Fsp3) is 0.692. The number of hydrogen-bond donors (Lipinski definition) is 1. The first-order valence-electron chi connectivity index (χ1n) is 12.0. The van der Waals surface area contributed by atoms with Crippen LogP contribution in [-0.4, -0.2) is 4.98 Å². The molecule has 0 amide bonds. The van der Waals surface area contributed by atoms with Crippen LogP contribution in [0.1, 0.15) is 115 Å². The van der Waals surface area contributed by atoms with Gasteiger partial charge in [-0.1, -0.05) is 121 Å². The van der Waals surface area contributed by atoms with Crippen LogP contribution in [0.25, 0.3) is 11.1 Å². The molecule has 0 aromatic carbocycles. The van der Waals surface area contributed by atoms with Crippen molar-refractivity contribution in [3.05, 3.63) is 36.2 Å².